The number of hydrogen-bond donors (Lipinski definition) is 0. The van der Waals surface area contributed by atoms with E-state index in [1.165, 1.54) is 13.8 Å². The van der Waals surface area contributed by atoms with Crippen molar-refractivity contribution < 1.29 is 38.1 Å². The number of allylic oxidation sites excluding steroid dienone is 1. The average Bonchev–Trinajstić information content (AvgIpc) is 2.99. The van der Waals surface area contributed by atoms with Gasteiger partial charge in [-0.05, 0) is 18.3 Å². The minimum Gasteiger partial charge on any atom is -0.436 e. The van der Waals surface area contributed by atoms with Gasteiger partial charge >= 0.3 is 23.9 Å². The zero-order valence-electron chi connectivity index (χ0n) is 14.2. The minimum absolute atomic E-state index is 0.0882. The molecule has 6 unspecified atom stereocenters. The molecule has 3 aliphatic rings. The summed E-state index contributed by atoms with van der Waals surface area (Å²) in [5.74, 6) is -3.21. The fourth-order valence-electron chi connectivity index (χ4n) is 3.90. The summed E-state index contributed by atoms with van der Waals surface area (Å²) in [5.41, 5.74) is 0.353. The Balaban J connectivity index is 1.84. The molecule has 8 nitrogen and oxygen atoms in total. The molecule has 2 heterocycles. The van der Waals surface area contributed by atoms with E-state index < -0.39 is 42.4 Å². The Morgan fingerprint density at radius 1 is 1.12 bits per heavy atom. The smallest absolute Gasteiger partial charge is 0.342 e. The number of hydrogen-bond acceptors (Lipinski definition) is 8. The molecular weight excluding hydrogens is 332 g/mol. The summed E-state index contributed by atoms with van der Waals surface area (Å²) in [6, 6.07) is 0. The Morgan fingerprint density at radius 2 is 1.80 bits per heavy atom. The van der Waals surface area contributed by atoms with Gasteiger partial charge in [0.2, 0.25) is 12.6 Å². The Morgan fingerprint density at radius 3 is 2.44 bits per heavy atom. The Hall–Kier alpha value is -2.22. The van der Waals surface area contributed by atoms with Crippen LogP contribution < -0.4 is 0 Å². The van der Waals surface area contributed by atoms with Crippen molar-refractivity contribution >= 4 is 23.9 Å². The summed E-state index contributed by atoms with van der Waals surface area (Å²) in [6.07, 6.45) is 0.982. The lowest BCUT2D eigenvalue weighted by molar-refractivity contribution is -0.213. The summed E-state index contributed by atoms with van der Waals surface area (Å²) < 4.78 is 20.6. The topological polar surface area (TPSA) is 105 Å². The second kappa shape index (κ2) is 6.59. The molecule has 0 spiro atoms. The number of fused-ring (bicyclic) bond motifs is 1. The summed E-state index contributed by atoms with van der Waals surface area (Å²) in [6.45, 7) is 4.42. The standard InChI is InChI=1S/C17H20O8/c1-7-4-10(5-12-14(7)16(21)25-15(12)20)11-6-13(22-8(2)18)24-17(11)23-9(3)19/h5,7,10-11,13-14,17H,4,6H2,1-3H3. The number of carbonyl (C=O) groups is 4. The van der Waals surface area contributed by atoms with Gasteiger partial charge in [-0.1, -0.05) is 13.0 Å². The van der Waals surface area contributed by atoms with Crippen LogP contribution in [0.3, 0.4) is 0 Å². The molecule has 0 N–H and O–H groups in total. The first-order valence-corrected chi connectivity index (χ1v) is 8.24. The van der Waals surface area contributed by atoms with Gasteiger partial charge in [0.15, 0.2) is 0 Å². The molecule has 6 atom stereocenters. The highest BCUT2D eigenvalue weighted by atomic mass is 16.8. The quantitative estimate of drug-likeness (QED) is 0.422. The third-order valence-electron chi connectivity index (χ3n) is 4.85. The molecule has 0 aromatic heterocycles. The Kier molecular flexibility index (Phi) is 4.64. The van der Waals surface area contributed by atoms with Gasteiger partial charge < -0.3 is 18.9 Å². The largest absolute Gasteiger partial charge is 0.436 e. The number of esters is 4. The first-order chi connectivity index (χ1) is 11.8. The molecule has 0 radical (unpaired) electrons. The van der Waals surface area contributed by atoms with Gasteiger partial charge in [0.25, 0.3) is 0 Å². The summed E-state index contributed by atoms with van der Waals surface area (Å²) in [7, 11) is 0. The van der Waals surface area contributed by atoms with E-state index in [-0.39, 0.29) is 17.8 Å². The van der Waals surface area contributed by atoms with Gasteiger partial charge in [0, 0.05) is 31.8 Å². The van der Waals surface area contributed by atoms with Crippen molar-refractivity contribution in [3.05, 3.63) is 11.6 Å². The first-order valence-electron chi connectivity index (χ1n) is 8.24. The molecule has 2 saturated heterocycles. The molecule has 1 aliphatic carbocycles. The van der Waals surface area contributed by atoms with Crippen LogP contribution >= 0.6 is 0 Å². The van der Waals surface area contributed by atoms with Crippen molar-refractivity contribution in [3.63, 3.8) is 0 Å². The lowest BCUT2D eigenvalue weighted by atomic mass is 9.71. The predicted octanol–water partition coefficient (Wildman–Crippen LogP) is 1.08. The van der Waals surface area contributed by atoms with Crippen molar-refractivity contribution in [1.82, 2.24) is 0 Å². The molecule has 0 aromatic rings. The second-order valence-corrected chi connectivity index (χ2v) is 6.74. The van der Waals surface area contributed by atoms with Crippen molar-refractivity contribution in [2.75, 3.05) is 0 Å². The van der Waals surface area contributed by atoms with Crippen LogP contribution in [0.25, 0.3) is 0 Å². The zero-order valence-corrected chi connectivity index (χ0v) is 14.2. The summed E-state index contributed by atoms with van der Waals surface area (Å²) >= 11 is 0. The van der Waals surface area contributed by atoms with Crippen LogP contribution in [-0.4, -0.2) is 36.5 Å². The fourth-order valence-corrected chi connectivity index (χ4v) is 3.90. The molecule has 0 amide bonds. The Labute approximate surface area is 144 Å². The molecule has 0 saturated carbocycles. The van der Waals surface area contributed by atoms with Gasteiger partial charge in [-0.2, -0.15) is 0 Å². The Bertz CT molecular complexity index is 651. The van der Waals surface area contributed by atoms with Crippen LogP contribution in [-0.2, 0) is 38.1 Å². The van der Waals surface area contributed by atoms with Gasteiger partial charge in [-0.3, -0.25) is 14.4 Å². The maximum atomic E-state index is 11.9. The zero-order chi connectivity index (χ0) is 18.3. The molecular formula is C17H20O8. The number of ether oxygens (including phenoxy) is 4. The van der Waals surface area contributed by atoms with Crippen LogP contribution in [0.2, 0.25) is 0 Å². The van der Waals surface area contributed by atoms with E-state index in [0.29, 0.717) is 18.4 Å². The highest BCUT2D eigenvalue weighted by Gasteiger charge is 2.50. The highest BCUT2D eigenvalue weighted by molar-refractivity contribution is 6.07. The number of carbonyl (C=O) groups excluding carboxylic acids is 4. The monoisotopic (exact) mass is 352 g/mol. The van der Waals surface area contributed by atoms with Crippen LogP contribution in [0.4, 0.5) is 0 Å². The van der Waals surface area contributed by atoms with Crippen LogP contribution in [0, 0.1) is 23.7 Å². The molecule has 136 valence electrons. The maximum Gasteiger partial charge on any atom is 0.342 e. The van der Waals surface area contributed by atoms with E-state index in [1.807, 2.05) is 6.92 Å². The SMILES string of the molecule is CC(=O)OC1CC(C2C=C3C(=O)OC(=O)C3C(C)C2)C(OC(C)=O)O1. The van der Waals surface area contributed by atoms with E-state index in [1.54, 1.807) is 6.08 Å². The predicted molar refractivity (Wildman–Crippen MR) is 80.2 cm³/mol. The highest BCUT2D eigenvalue weighted by Crippen LogP contribution is 2.45. The second-order valence-electron chi connectivity index (χ2n) is 6.74. The number of cyclic esters (lactones) is 2. The fraction of sp³-hybridized carbons (Fsp3) is 0.647. The maximum absolute atomic E-state index is 11.9. The average molecular weight is 352 g/mol. The van der Waals surface area contributed by atoms with E-state index in [4.69, 9.17) is 18.9 Å². The van der Waals surface area contributed by atoms with E-state index in [9.17, 15) is 19.2 Å². The molecule has 25 heavy (non-hydrogen) atoms. The van der Waals surface area contributed by atoms with Crippen molar-refractivity contribution in [3.8, 4) is 0 Å². The molecule has 0 aromatic carbocycles. The summed E-state index contributed by atoms with van der Waals surface area (Å²) in [4.78, 5) is 46.2. The van der Waals surface area contributed by atoms with Crippen LogP contribution in [0.5, 0.6) is 0 Å². The molecule has 0 bridgehead atoms. The first kappa shape index (κ1) is 17.6. The third-order valence-corrected chi connectivity index (χ3v) is 4.85. The van der Waals surface area contributed by atoms with Gasteiger partial charge in [0.05, 0.1) is 5.92 Å². The summed E-state index contributed by atoms with van der Waals surface area (Å²) in [5, 5.41) is 0. The van der Waals surface area contributed by atoms with Crippen molar-refractivity contribution in [1.29, 1.82) is 0 Å². The minimum atomic E-state index is -0.874. The number of rotatable bonds is 3. The van der Waals surface area contributed by atoms with Gasteiger partial charge in [-0.15, -0.1) is 0 Å². The normalized spacial score (nSPS) is 37.2. The van der Waals surface area contributed by atoms with Gasteiger partial charge in [0.1, 0.15) is 0 Å². The molecule has 2 aliphatic heterocycles. The van der Waals surface area contributed by atoms with Gasteiger partial charge in [-0.25, -0.2) is 4.79 Å². The lowest BCUT2D eigenvalue weighted by Gasteiger charge is -2.31. The third kappa shape index (κ3) is 3.44. The van der Waals surface area contributed by atoms with Crippen molar-refractivity contribution in [2.45, 2.75) is 46.2 Å². The van der Waals surface area contributed by atoms with E-state index in [2.05, 4.69) is 0 Å². The van der Waals surface area contributed by atoms with Crippen molar-refractivity contribution in [2.24, 2.45) is 23.7 Å². The van der Waals surface area contributed by atoms with E-state index in [0.717, 1.165) is 0 Å². The van der Waals surface area contributed by atoms with E-state index >= 15 is 0 Å². The molecule has 8 heteroatoms. The van der Waals surface area contributed by atoms with Crippen LogP contribution in [0.15, 0.2) is 11.6 Å². The molecule has 3 rings (SSSR count). The molecule has 2 fully saturated rings. The lowest BCUT2D eigenvalue weighted by Crippen LogP contribution is -2.33. The van der Waals surface area contributed by atoms with Crippen LogP contribution in [0.1, 0.15) is 33.6 Å².